The number of aromatic amines is 2. The Bertz CT molecular complexity index is 899. The smallest absolute Gasteiger partial charge is 0.322 e. The zero-order chi connectivity index (χ0) is 15.0. The van der Waals surface area contributed by atoms with Crippen LogP contribution in [0.5, 0.6) is 0 Å². The summed E-state index contributed by atoms with van der Waals surface area (Å²) in [6, 6.07) is 9.71. The monoisotopic (exact) mass is 321 g/mol. The van der Waals surface area contributed by atoms with Crippen LogP contribution in [0.1, 0.15) is 10.4 Å². The maximum atomic E-state index is 12.2. The molecule has 1 heterocycles. The number of halogens is 2. The first-order valence-electron chi connectivity index (χ1n) is 6.01. The highest BCUT2D eigenvalue weighted by Gasteiger charge is 2.09. The highest BCUT2D eigenvalue weighted by Crippen LogP contribution is 2.25. The lowest BCUT2D eigenvalue weighted by molar-refractivity contribution is 0.102. The molecule has 0 spiro atoms. The van der Waals surface area contributed by atoms with Crippen molar-refractivity contribution >= 4 is 45.8 Å². The van der Waals surface area contributed by atoms with Crippen LogP contribution in [0.25, 0.3) is 11.0 Å². The van der Waals surface area contributed by atoms with Crippen LogP contribution < -0.4 is 11.0 Å². The van der Waals surface area contributed by atoms with Crippen LogP contribution in [0.15, 0.2) is 41.2 Å². The quantitative estimate of drug-likeness (QED) is 0.676. The zero-order valence-electron chi connectivity index (χ0n) is 10.5. The zero-order valence-corrected chi connectivity index (χ0v) is 12.0. The Hall–Kier alpha value is -2.24. The molecule has 7 heteroatoms. The number of rotatable bonds is 2. The van der Waals surface area contributed by atoms with E-state index < -0.39 is 0 Å². The van der Waals surface area contributed by atoms with E-state index in [1.165, 1.54) is 0 Å². The van der Waals surface area contributed by atoms with Crippen LogP contribution in [0.2, 0.25) is 10.0 Å². The number of amides is 1. The number of carbonyl (C=O) groups excluding carboxylic acids is 1. The van der Waals surface area contributed by atoms with Crippen molar-refractivity contribution in [3.05, 3.63) is 62.5 Å². The van der Waals surface area contributed by atoms with Crippen LogP contribution in [-0.4, -0.2) is 15.9 Å². The fourth-order valence-corrected chi connectivity index (χ4v) is 2.25. The summed E-state index contributed by atoms with van der Waals surface area (Å²) < 4.78 is 0. The molecule has 1 amide bonds. The summed E-state index contributed by atoms with van der Waals surface area (Å²) in [7, 11) is 0. The summed E-state index contributed by atoms with van der Waals surface area (Å²) in [6.07, 6.45) is 0. The predicted octanol–water partition coefficient (Wildman–Crippen LogP) is 3.42. The van der Waals surface area contributed by atoms with Gasteiger partial charge in [-0.1, -0.05) is 23.2 Å². The highest BCUT2D eigenvalue weighted by molar-refractivity contribution is 6.42. The Balaban J connectivity index is 1.89. The van der Waals surface area contributed by atoms with E-state index in [-0.39, 0.29) is 11.6 Å². The van der Waals surface area contributed by atoms with Crippen molar-refractivity contribution in [1.29, 1.82) is 0 Å². The molecule has 0 saturated heterocycles. The number of benzene rings is 2. The normalized spacial score (nSPS) is 10.8. The first-order valence-corrected chi connectivity index (χ1v) is 6.77. The van der Waals surface area contributed by atoms with Gasteiger partial charge >= 0.3 is 5.69 Å². The summed E-state index contributed by atoms with van der Waals surface area (Å²) in [5.41, 5.74) is 1.86. The number of nitrogens with one attached hydrogen (secondary N) is 3. The molecule has 1 aromatic heterocycles. The third kappa shape index (κ3) is 2.79. The summed E-state index contributed by atoms with van der Waals surface area (Å²) in [6.45, 7) is 0. The molecule has 0 radical (unpaired) electrons. The number of hydrogen-bond acceptors (Lipinski definition) is 2. The number of aromatic nitrogens is 2. The molecule has 0 atom stereocenters. The number of imidazole rings is 1. The maximum Gasteiger partial charge on any atom is 0.323 e. The SMILES string of the molecule is O=C(Nc1ccc(Cl)c(Cl)c1)c1ccc2[nH]c(=O)[nH]c2c1. The van der Waals surface area contributed by atoms with Crippen molar-refractivity contribution in [1.82, 2.24) is 9.97 Å². The van der Waals surface area contributed by atoms with Gasteiger partial charge in [0, 0.05) is 11.3 Å². The van der Waals surface area contributed by atoms with Crippen LogP contribution in [0, 0.1) is 0 Å². The van der Waals surface area contributed by atoms with Gasteiger partial charge < -0.3 is 15.3 Å². The second-order valence-electron chi connectivity index (χ2n) is 4.42. The van der Waals surface area contributed by atoms with E-state index in [1.54, 1.807) is 36.4 Å². The molecule has 0 aliphatic carbocycles. The van der Waals surface area contributed by atoms with Gasteiger partial charge in [-0.15, -0.1) is 0 Å². The van der Waals surface area contributed by atoms with Gasteiger partial charge in [-0.25, -0.2) is 4.79 Å². The van der Waals surface area contributed by atoms with Gasteiger partial charge in [0.1, 0.15) is 0 Å². The van der Waals surface area contributed by atoms with Crippen molar-refractivity contribution in [3.8, 4) is 0 Å². The molecule has 0 unspecified atom stereocenters. The lowest BCUT2D eigenvalue weighted by atomic mass is 10.2. The molecule has 0 aliphatic rings. The Morgan fingerprint density at radius 3 is 2.48 bits per heavy atom. The van der Waals surface area contributed by atoms with Crippen molar-refractivity contribution in [2.24, 2.45) is 0 Å². The van der Waals surface area contributed by atoms with Gasteiger partial charge in [0.2, 0.25) is 0 Å². The second kappa shape index (κ2) is 5.27. The molecular formula is C14H9Cl2N3O2. The second-order valence-corrected chi connectivity index (χ2v) is 5.24. The molecule has 3 N–H and O–H groups in total. The minimum Gasteiger partial charge on any atom is -0.322 e. The number of fused-ring (bicyclic) bond motifs is 1. The lowest BCUT2D eigenvalue weighted by Gasteiger charge is -2.06. The van der Waals surface area contributed by atoms with Crippen molar-refractivity contribution in [2.75, 3.05) is 5.32 Å². The van der Waals surface area contributed by atoms with Crippen molar-refractivity contribution in [2.45, 2.75) is 0 Å². The molecule has 5 nitrogen and oxygen atoms in total. The molecular weight excluding hydrogens is 313 g/mol. The maximum absolute atomic E-state index is 12.2. The Morgan fingerprint density at radius 2 is 1.71 bits per heavy atom. The van der Waals surface area contributed by atoms with E-state index in [2.05, 4.69) is 15.3 Å². The molecule has 3 rings (SSSR count). The number of anilines is 1. The molecule has 106 valence electrons. The van der Waals surface area contributed by atoms with Crippen molar-refractivity contribution < 1.29 is 4.79 Å². The highest BCUT2D eigenvalue weighted by atomic mass is 35.5. The molecule has 21 heavy (non-hydrogen) atoms. The summed E-state index contributed by atoms with van der Waals surface area (Å²) in [4.78, 5) is 28.6. The van der Waals surface area contributed by atoms with E-state index in [0.29, 0.717) is 32.3 Å². The molecule has 0 aliphatic heterocycles. The van der Waals surface area contributed by atoms with E-state index in [1.807, 2.05) is 0 Å². The van der Waals surface area contributed by atoms with Gasteiger partial charge in [0.25, 0.3) is 5.91 Å². The molecule has 2 aromatic carbocycles. The van der Waals surface area contributed by atoms with E-state index in [0.717, 1.165) is 0 Å². The summed E-state index contributed by atoms with van der Waals surface area (Å²) in [5.74, 6) is -0.308. The fourth-order valence-electron chi connectivity index (χ4n) is 1.95. The number of H-pyrrole nitrogens is 2. The Labute approximate surface area is 128 Å². The number of carbonyl (C=O) groups is 1. The minimum atomic E-state index is -0.313. The Morgan fingerprint density at radius 1 is 0.952 bits per heavy atom. The lowest BCUT2D eigenvalue weighted by Crippen LogP contribution is -2.11. The standard InChI is InChI=1S/C14H9Cl2N3O2/c15-9-3-2-8(6-10(9)16)17-13(20)7-1-4-11-12(5-7)19-14(21)18-11/h1-6H,(H,17,20)(H2,18,19,21). The van der Waals surface area contributed by atoms with Crippen LogP contribution in [-0.2, 0) is 0 Å². The average Bonchev–Trinajstić information content (AvgIpc) is 2.82. The molecule has 0 bridgehead atoms. The molecule has 3 aromatic rings. The van der Waals surface area contributed by atoms with Gasteiger partial charge in [-0.05, 0) is 36.4 Å². The van der Waals surface area contributed by atoms with Crippen LogP contribution in [0.3, 0.4) is 0 Å². The molecule has 0 fully saturated rings. The van der Waals surface area contributed by atoms with Crippen LogP contribution >= 0.6 is 23.2 Å². The van der Waals surface area contributed by atoms with Gasteiger partial charge in [0.15, 0.2) is 0 Å². The topological polar surface area (TPSA) is 77.8 Å². The largest absolute Gasteiger partial charge is 0.323 e. The third-order valence-electron chi connectivity index (χ3n) is 2.96. The van der Waals surface area contributed by atoms with Gasteiger partial charge in [0.05, 0.1) is 21.1 Å². The predicted molar refractivity (Wildman–Crippen MR) is 83.3 cm³/mol. The fraction of sp³-hybridized carbons (Fsp3) is 0. The first-order chi connectivity index (χ1) is 10.0. The number of hydrogen-bond donors (Lipinski definition) is 3. The van der Waals surface area contributed by atoms with Gasteiger partial charge in [-0.2, -0.15) is 0 Å². The Kier molecular flexibility index (Phi) is 3.45. The summed E-state index contributed by atoms with van der Waals surface area (Å²) in [5, 5.41) is 3.49. The first kappa shape index (κ1) is 13.7. The third-order valence-corrected chi connectivity index (χ3v) is 3.69. The van der Waals surface area contributed by atoms with E-state index in [4.69, 9.17) is 23.2 Å². The molecule has 0 saturated carbocycles. The summed E-state index contributed by atoms with van der Waals surface area (Å²) >= 11 is 11.7. The minimum absolute atomic E-state index is 0.308. The van der Waals surface area contributed by atoms with Gasteiger partial charge in [-0.3, -0.25) is 4.79 Å². The average molecular weight is 322 g/mol. The van der Waals surface area contributed by atoms with E-state index >= 15 is 0 Å². The van der Waals surface area contributed by atoms with Crippen LogP contribution in [0.4, 0.5) is 5.69 Å². The van der Waals surface area contributed by atoms with Crippen molar-refractivity contribution in [3.63, 3.8) is 0 Å². The van der Waals surface area contributed by atoms with E-state index in [9.17, 15) is 9.59 Å².